The minimum Gasteiger partial charge on any atom is -0.462 e. The fourth-order valence-electron chi connectivity index (χ4n) is 2.18. The minimum atomic E-state index is -0.711. The van der Waals surface area contributed by atoms with E-state index in [1.807, 2.05) is 6.92 Å². The van der Waals surface area contributed by atoms with Crippen LogP contribution in [-0.4, -0.2) is 31.1 Å². The number of hydrogen-bond acceptors (Lipinski definition) is 5. The average molecular weight is 424 g/mol. The monoisotopic (exact) mass is 423 g/mol. The van der Waals surface area contributed by atoms with Crippen LogP contribution in [0.1, 0.15) is 40.5 Å². The van der Waals surface area contributed by atoms with Crippen LogP contribution in [0.3, 0.4) is 0 Å². The standard InChI is InChI=1S/C20H19Cl2NO5/c1-2-3-10-27-20(26)15-11-13(8-9-17(15)22)23-18(24)12-28-19(25)14-6-4-5-7-16(14)21/h4-9,11H,2-3,10,12H2,1H3,(H,23,24). The predicted octanol–water partition coefficient (Wildman–Crippen LogP) is 4.75. The largest absolute Gasteiger partial charge is 0.462 e. The lowest BCUT2D eigenvalue weighted by Crippen LogP contribution is -2.21. The number of benzene rings is 2. The van der Waals surface area contributed by atoms with E-state index in [1.54, 1.807) is 18.2 Å². The molecule has 0 aliphatic carbocycles. The lowest BCUT2D eigenvalue weighted by Gasteiger charge is -2.10. The van der Waals surface area contributed by atoms with Crippen LogP contribution in [0.15, 0.2) is 42.5 Å². The van der Waals surface area contributed by atoms with Gasteiger partial charge in [-0.2, -0.15) is 0 Å². The highest BCUT2D eigenvalue weighted by molar-refractivity contribution is 6.34. The van der Waals surface area contributed by atoms with E-state index in [9.17, 15) is 14.4 Å². The van der Waals surface area contributed by atoms with E-state index in [-0.39, 0.29) is 21.2 Å². The number of hydrogen-bond donors (Lipinski definition) is 1. The van der Waals surface area contributed by atoms with E-state index in [0.29, 0.717) is 12.3 Å². The SMILES string of the molecule is CCCCOC(=O)c1cc(NC(=O)COC(=O)c2ccccc2Cl)ccc1Cl. The molecule has 28 heavy (non-hydrogen) atoms. The molecule has 6 nitrogen and oxygen atoms in total. The molecule has 0 radical (unpaired) electrons. The number of amides is 1. The van der Waals surface area contributed by atoms with Crippen LogP contribution in [0.25, 0.3) is 0 Å². The topological polar surface area (TPSA) is 81.7 Å². The molecule has 0 heterocycles. The fraction of sp³-hybridized carbons (Fsp3) is 0.250. The summed E-state index contributed by atoms with van der Waals surface area (Å²) in [4.78, 5) is 36.1. The number of carbonyl (C=O) groups excluding carboxylic acids is 3. The molecule has 0 aliphatic heterocycles. The summed E-state index contributed by atoms with van der Waals surface area (Å²) in [5.41, 5.74) is 0.634. The van der Waals surface area contributed by atoms with Crippen molar-refractivity contribution in [3.63, 3.8) is 0 Å². The van der Waals surface area contributed by atoms with Gasteiger partial charge in [-0.05, 0) is 36.8 Å². The molecule has 2 aromatic carbocycles. The Balaban J connectivity index is 1.94. The molecule has 1 N–H and O–H groups in total. The van der Waals surface area contributed by atoms with Crippen molar-refractivity contribution in [3.05, 3.63) is 63.6 Å². The molecule has 0 spiro atoms. The van der Waals surface area contributed by atoms with Gasteiger partial charge in [-0.15, -0.1) is 0 Å². The maximum atomic E-state index is 12.1. The normalized spacial score (nSPS) is 10.2. The maximum Gasteiger partial charge on any atom is 0.340 e. The highest BCUT2D eigenvalue weighted by atomic mass is 35.5. The summed E-state index contributed by atoms with van der Waals surface area (Å²) >= 11 is 11.9. The van der Waals surface area contributed by atoms with Gasteiger partial charge in [-0.25, -0.2) is 9.59 Å². The van der Waals surface area contributed by atoms with Crippen molar-refractivity contribution in [1.82, 2.24) is 0 Å². The third kappa shape index (κ3) is 6.25. The van der Waals surface area contributed by atoms with Gasteiger partial charge < -0.3 is 14.8 Å². The lowest BCUT2D eigenvalue weighted by molar-refractivity contribution is -0.119. The molecule has 148 valence electrons. The Morgan fingerprint density at radius 3 is 2.32 bits per heavy atom. The average Bonchev–Trinajstić information content (AvgIpc) is 2.68. The number of unbranched alkanes of at least 4 members (excludes halogenated alkanes) is 1. The molecule has 8 heteroatoms. The summed E-state index contributed by atoms with van der Waals surface area (Å²) in [7, 11) is 0. The maximum absolute atomic E-state index is 12.1. The van der Waals surface area contributed by atoms with Crippen molar-refractivity contribution < 1.29 is 23.9 Å². The van der Waals surface area contributed by atoms with E-state index >= 15 is 0 Å². The van der Waals surface area contributed by atoms with Gasteiger partial charge in [-0.3, -0.25) is 4.79 Å². The quantitative estimate of drug-likeness (QED) is 0.489. The summed E-state index contributed by atoms with van der Waals surface area (Å²) in [6, 6.07) is 10.8. The molecule has 1 amide bonds. The molecule has 0 saturated carbocycles. The summed E-state index contributed by atoms with van der Waals surface area (Å²) in [5, 5.41) is 2.98. The van der Waals surface area contributed by atoms with Crippen molar-refractivity contribution in [3.8, 4) is 0 Å². The molecular formula is C20H19Cl2NO5. The molecule has 0 aromatic heterocycles. The number of ether oxygens (including phenoxy) is 2. The molecule has 0 saturated heterocycles. The van der Waals surface area contributed by atoms with E-state index in [4.69, 9.17) is 32.7 Å². The molecule has 0 aliphatic rings. The Labute approximate surface area is 172 Å². The number of esters is 2. The zero-order valence-corrected chi connectivity index (χ0v) is 16.7. The van der Waals surface area contributed by atoms with Gasteiger partial charge >= 0.3 is 11.9 Å². The van der Waals surface area contributed by atoms with E-state index in [1.165, 1.54) is 24.3 Å². The zero-order chi connectivity index (χ0) is 20.5. The van der Waals surface area contributed by atoms with E-state index in [0.717, 1.165) is 12.8 Å². The summed E-state index contributed by atoms with van der Waals surface area (Å²) in [6.45, 7) is 1.76. The molecule has 0 bridgehead atoms. The first-order valence-electron chi connectivity index (χ1n) is 8.60. The number of halogens is 2. The lowest BCUT2D eigenvalue weighted by atomic mass is 10.2. The van der Waals surface area contributed by atoms with Gasteiger partial charge in [-0.1, -0.05) is 48.7 Å². The van der Waals surface area contributed by atoms with Crippen LogP contribution in [0, 0.1) is 0 Å². The van der Waals surface area contributed by atoms with Crippen LogP contribution in [0.5, 0.6) is 0 Å². The fourth-order valence-corrected chi connectivity index (χ4v) is 2.59. The molecule has 0 unspecified atom stereocenters. The minimum absolute atomic E-state index is 0.142. The van der Waals surface area contributed by atoms with Crippen molar-refractivity contribution in [2.75, 3.05) is 18.5 Å². The van der Waals surface area contributed by atoms with Gasteiger partial charge in [0.05, 0.1) is 27.8 Å². The molecule has 0 atom stereocenters. The van der Waals surface area contributed by atoms with Gasteiger partial charge in [0.25, 0.3) is 5.91 Å². The number of nitrogens with one attached hydrogen (secondary N) is 1. The Morgan fingerprint density at radius 1 is 0.929 bits per heavy atom. The van der Waals surface area contributed by atoms with Crippen LogP contribution in [0.2, 0.25) is 10.0 Å². The second-order valence-corrected chi connectivity index (χ2v) is 6.60. The Kier molecular flexibility index (Phi) is 8.29. The van der Waals surface area contributed by atoms with Crippen LogP contribution >= 0.6 is 23.2 Å². The van der Waals surface area contributed by atoms with Gasteiger partial charge in [0.15, 0.2) is 6.61 Å². The van der Waals surface area contributed by atoms with Crippen molar-refractivity contribution >= 4 is 46.7 Å². The second kappa shape index (κ2) is 10.7. The van der Waals surface area contributed by atoms with E-state index < -0.39 is 24.5 Å². The van der Waals surface area contributed by atoms with Gasteiger partial charge in [0, 0.05) is 5.69 Å². The molecular weight excluding hydrogens is 405 g/mol. The smallest absolute Gasteiger partial charge is 0.340 e. The zero-order valence-electron chi connectivity index (χ0n) is 15.2. The van der Waals surface area contributed by atoms with Crippen LogP contribution < -0.4 is 5.32 Å². The number of anilines is 1. The Bertz CT molecular complexity index is 869. The molecule has 2 rings (SSSR count). The summed E-state index contributed by atoms with van der Waals surface area (Å²) < 4.78 is 10.1. The third-order valence-electron chi connectivity index (χ3n) is 3.63. The first-order valence-corrected chi connectivity index (χ1v) is 9.36. The summed E-state index contributed by atoms with van der Waals surface area (Å²) in [6.07, 6.45) is 1.64. The Morgan fingerprint density at radius 2 is 1.61 bits per heavy atom. The Hall–Kier alpha value is -2.57. The first kappa shape index (κ1) is 21.7. The van der Waals surface area contributed by atoms with Crippen molar-refractivity contribution in [1.29, 1.82) is 0 Å². The number of rotatable bonds is 8. The van der Waals surface area contributed by atoms with Crippen molar-refractivity contribution in [2.45, 2.75) is 19.8 Å². The predicted molar refractivity (Wildman–Crippen MR) is 107 cm³/mol. The molecule has 2 aromatic rings. The van der Waals surface area contributed by atoms with Gasteiger partial charge in [0.1, 0.15) is 0 Å². The highest BCUT2D eigenvalue weighted by Gasteiger charge is 2.16. The molecule has 0 fully saturated rings. The summed E-state index contributed by atoms with van der Waals surface area (Å²) in [5.74, 6) is -1.86. The van der Waals surface area contributed by atoms with Crippen LogP contribution in [0.4, 0.5) is 5.69 Å². The first-order chi connectivity index (χ1) is 13.4. The third-order valence-corrected chi connectivity index (χ3v) is 4.29. The number of carbonyl (C=O) groups is 3. The van der Waals surface area contributed by atoms with Crippen LogP contribution in [-0.2, 0) is 14.3 Å². The van der Waals surface area contributed by atoms with Crippen molar-refractivity contribution in [2.24, 2.45) is 0 Å². The van der Waals surface area contributed by atoms with E-state index in [2.05, 4.69) is 5.32 Å². The highest BCUT2D eigenvalue weighted by Crippen LogP contribution is 2.22. The second-order valence-electron chi connectivity index (χ2n) is 5.79. The van der Waals surface area contributed by atoms with Gasteiger partial charge in [0.2, 0.25) is 0 Å².